The van der Waals surface area contributed by atoms with Gasteiger partial charge in [-0.25, -0.2) is 9.37 Å². The van der Waals surface area contributed by atoms with Crippen molar-refractivity contribution in [1.29, 1.82) is 0 Å². The van der Waals surface area contributed by atoms with Gasteiger partial charge in [0, 0.05) is 31.2 Å². The summed E-state index contributed by atoms with van der Waals surface area (Å²) >= 11 is 1.42. The summed E-state index contributed by atoms with van der Waals surface area (Å²) in [6.07, 6.45) is 3.34. The van der Waals surface area contributed by atoms with E-state index in [1.165, 1.54) is 29.9 Å². The van der Waals surface area contributed by atoms with Crippen LogP contribution in [-0.4, -0.2) is 57.6 Å². The van der Waals surface area contributed by atoms with Crippen LogP contribution in [0.1, 0.15) is 40.0 Å². The van der Waals surface area contributed by atoms with Crippen LogP contribution < -0.4 is 10.2 Å². The molecule has 2 aromatic heterocycles. The fourth-order valence-corrected chi connectivity index (χ4v) is 4.57. The van der Waals surface area contributed by atoms with E-state index in [2.05, 4.69) is 26.1 Å². The molecular weight excluding hydrogens is 415 g/mol. The summed E-state index contributed by atoms with van der Waals surface area (Å²) in [4.78, 5) is 21.9. The molecule has 1 fully saturated rings. The minimum absolute atomic E-state index is 0.128. The zero-order valence-electron chi connectivity index (χ0n) is 18.5. The zero-order chi connectivity index (χ0) is 22.2. The first-order valence-corrected chi connectivity index (χ1v) is 11.5. The van der Waals surface area contributed by atoms with Crippen molar-refractivity contribution >= 4 is 33.2 Å². The number of aromatic nitrogens is 3. The van der Waals surface area contributed by atoms with Crippen molar-refractivity contribution in [3.63, 3.8) is 0 Å². The Morgan fingerprint density at radius 3 is 2.68 bits per heavy atom. The van der Waals surface area contributed by atoms with Crippen LogP contribution in [-0.2, 0) is 4.79 Å². The Bertz CT molecular complexity index is 1080. The molecule has 1 aromatic carbocycles. The lowest BCUT2D eigenvalue weighted by molar-refractivity contribution is -0.130. The Morgan fingerprint density at radius 2 is 2.00 bits per heavy atom. The van der Waals surface area contributed by atoms with Gasteiger partial charge in [0.25, 0.3) is 0 Å². The number of piperidine rings is 1. The largest absolute Gasteiger partial charge is 0.364 e. The molecule has 9 heteroatoms. The number of benzene rings is 1. The number of carbonyl (C=O) groups is 1. The molecule has 3 heterocycles. The number of hydrogen-bond acceptors (Lipinski definition) is 6. The van der Waals surface area contributed by atoms with Gasteiger partial charge >= 0.3 is 0 Å². The number of amides is 1. The third-order valence-electron chi connectivity index (χ3n) is 5.19. The van der Waals surface area contributed by atoms with Crippen LogP contribution in [0.3, 0.4) is 0 Å². The van der Waals surface area contributed by atoms with Crippen molar-refractivity contribution in [2.24, 2.45) is 0 Å². The molecule has 4 rings (SSSR count). The molecule has 1 aliphatic rings. The quantitative estimate of drug-likeness (QED) is 0.637. The van der Waals surface area contributed by atoms with Gasteiger partial charge in [0.2, 0.25) is 16.0 Å². The SMILES string of the molecule is CN(CC(=O)N1CCCCC1)c1nn2c(NC(C)(C)C)c(-c3cccc(F)c3)nc2s1. The van der Waals surface area contributed by atoms with Gasteiger partial charge in [-0.15, -0.1) is 5.10 Å². The molecule has 1 N–H and O–H groups in total. The van der Waals surface area contributed by atoms with Gasteiger partial charge in [-0.1, -0.05) is 23.5 Å². The second-order valence-electron chi connectivity index (χ2n) is 9.07. The Kier molecular flexibility index (Phi) is 5.88. The maximum atomic E-state index is 13.8. The molecule has 1 amide bonds. The summed E-state index contributed by atoms with van der Waals surface area (Å²) < 4.78 is 15.6. The molecule has 0 unspecified atom stereocenters. The highest BCUT2D eigenvalue weighted by Gasteiger charge is 2.24. The van der Waals surface area contributed by atoms with Gasteiger partial charge in [-0.05, 0) is 52.2 Å². The first-order chi connectivity index (χ1) is 14.7. The van der Waals surface area contributed by atoms with Crippen LogP contribution >= 0.6 is 11.3 Å². The van der Waals surface area contributed by atoms with Crippen molar-refractivity contribution in [2.75, 3.05) is 36.9 Å². The fourth-order valence-electron chi connectivity index (χ4n) is 3.71. The molecular formula is C22H29FN6OS. The van der Waals surface area contributed by atoms with E-state index in [9.17, 15) is 9.18 Å². The van der Waals surface area contributed by atoms with Crippen LogP contribution in [0.5, 0.6) is 0 Å². The average molecular weight is 445 g/mol. The van der Waals surface area contributed by atoms with Crippen molar-refractivity contribution in [3.05, 3.63) is 30.1 Å². The van der Waals surface area contributed by atoms with E-state index < -0.39 is 0 Å². The number of carbonyl (C=O) groups excluding carboxylic acids is 1. The number of hydrogen-bond donors (Lipinski definition) is 1. The van der Waals surface area contributed by atoms with Gasteiger partial charge < -0.3 is 15.1 Å². The summed E-state index contributed by atoms with van der Waals surface area (Å²) in [5, 5.41) is 8.92. The van der Waals surface area contributed by atoms with Gasteiger partial charge in [0.15, 0.2) is 5.82 Å². The second-order valence-corrected chi connectivity index (χ2v) is 10.0. The van der Waals surface area contributed by atoms with E-state index in [4.69, 9.17) is 10.1 Å². The number of imidazole rings is 1. The topological polar surface area (TPSA) is 65.8 Å². The first-order valence-electron chi connectivity index (χ1n) is 10.6. The lowest BCUT2D eigenvalue weighted by Gasteiger charge is -2.28. The minimum Gasteiger partial charge on any atom is -0.364 e. The molecule has 0 radical (unpaired) electrons. The van der Waals surface area contributed by atoms with Crippen LogP contribution in [0.15, 0.2) is 24.3 Å². The van der Waals surface area contributed by atoms with Crippen LogP contribution in [0, 0.1) is 5.82 Å². The number of nitrogens with zero attached hydrogens (tertiary/aromatic N) is 5. The lowest BCUT2D eigenvalue weighted by Crippen LogP contribution is -2.41. The van der Waals surface area contributed by atoms with Crippen molar-refractivity contribution < 1.29 is 9.18 Å². The monoisotopic (exact) mass is 444 g/mol. The molecule has 0 saturated carbocycles. The summed E-state index contributed by atoms with van der Waals surface area (Å²) in [6, 6.07) is 6.42. The Hall–Kier alpha value is -2.68. The highest BCUT2D eigenvalue weighted by Crippen LogP contribution is 2.34. The number of likely N-dealkylation sites (N-methyl/N-ethyl adjacent to an activating group) is 1. The molecule has 31 heavy (non-hydrogen) atoms. The molecule has 166 valence electrons. The molecule has 0 atom stereocenters. The maximum absolute atomic E-state index is 13.8. The van der Waals surface area contributed by atoms with Crippen molar-refractivity contribution in [2.45, 2.75) is 45.6 Å². The number of rotatable bonds is 5. The molecule has 1 aliphatic heterocycles. The van der Waals surface area contributed by atoms with E-state index in [1.807, 2.05) is 22.9 Å². The Balaban J connectivity index is 1.64. The molecule has 0 aliphatic carbocycles. The smallest absolute Gasteiger partial charge is 0.242 e. The molecule has 0 bridgehead atoms. The molecule has 3 aromatic rings. The van der Waals surface area contributed by atoms with Gasteiger partial charge in [0.1, 0.15) is 11.5 Å². The number of anilines is 2. The van der Waals surface area contributed by atoms with Crippen molar-refractivity contribution in [1.82, 2.24) is 19.5 Å². The molecule has 7 nitrogen and oxygen atoms in total. The Morgan fingerprint density at radius 1 is 1.26 bits per heavy atom. The predicted molar refractivity (Wildman–Crippen MR) is 123 cm³/mol. The lowest BCUT2D eigenvalue weighted by atomic mass is 10.1. The van der Waals surface area contributed by atoms with Crippen molar-refractivity contribution in [3.8, 4) is 11.3 Å². The van der Waals surface area contributed by atoms with E-state index in [1.54, 1.807) is 10.6 Å². The third kappa shape index (κ3) is 4.81. The standard InChI is InChI=1S/C22H29FN6OS/c1-22(2,3)25-19-18(15-9-8-10-16(23)13-15)24-20-29(19)26-21(31-20)27(4)14-17(30)28-11-6-5-7-12-28/h8-10,13,25H,5-7,11-12,14H2,1-4H3. The zero-order valence-corrected chi connectivity index (χ0v) is 19.3. The summed E-state index contributed by atoms with van der Waals surface area (Å²) in [6.45, 7) is 8.12. The summed E-state index contributed by atoms with van der Waals surface area (Å²) in [5.41, 5.74) is 1.12. The highest BCUT2D eigenvalue weighted by molar-refractivity contribution is 7.20. The Labute approximate surface area is 185 Å². The van der Waals surface area contributed by atoms with Gasteiger partial charge in [-0.3, -0.25) is 4.79 Å². The van der Waals surface area contributed by atoms with E-state index in [-0.39, 0.29) is 23.8 Å². The summed E-state index contributed by atoms with van der Waals surface area (Å²) in [7, 11) is 1.88. The maximum Gasteiger partial charge on any atom is 0.242 e. The first kappa shape index (κ1) is 21.5. The van der Waals surface area contributed by atoms with Crippen LogP contribution in [0.25, 0.3) is 16.2 Å². The summed E-state index contributed by atoms with van der Waals surface area (Å²) in [5.74, 6) is 0.537. The second kappa shape index (κ2) is 8.45. The van der Waals surface area contributed by atoms with Crippen LogP contribution in [0.4, 0.5) is 15.3 Å². The normalized spacial score (nSPS) is 14.8. The third-order valence-corrected chi connectivity index (χ3v) is 6.21. The molecule has 0 spiro atoms. The van der Waals surface area contributed by atoms with Crippen LogP contribution in [0.2, 0.25) is 0 Å². The van der Waals surface area contributed by atoms with E-state index >= 15 is 0 Å². The average Bonchev–Trinajstić information content (AvgIpc) is 3.27. The number of fused-ring (bicyclic) bond motifs is 1. The molecule has 1 saturated heterocycles. The van der Waals surface area contributed by atoms with Gasteiger partial charge in [-0.2, -0.15) is 4.52 Å². The fraction of sp³-hybridized carbons (Fsp3) is 0.500. The highest BCUT2D eigenvalue weighted by atomic mass is 32.1. The van der Waals surface area contributed by atoms with E-state index in [0.29, 0.717) is 22.0 Å². The number of nitrogens with one attached hydrogen (secondary N) is 1. The van der Waals surface area contributed by atoms with E-state index in [0.717, 1.165) is 31.1 Å². The number of likely N-dealkylation sites (tertiary alicyclic amines) is 1. The predicted octanol–water partition coefficient (Wildman–Crippen LogP) is 4.26. The minimum atomic E-state index is -0.305. The van der Waals surface area contributed by atoms with Gasteiger partial charge in [0.05, 0.1) is 6.54 Å². The number of halogens is 1.